The number of carboxylic acid groups (broad SMARTS) is 1. The number of nitrogens with one attached hydrogen (secondary N) is 1. The second-order valence-electron chi connectivity index (χ2n) is 8.56. The Morgan fingerprint density at radius 1 is 1.38 bits per heavy atom. The Labute approximate surface area is 209 Å². The van der Waals surface area contributed by atoms with Gasteiger partial charge in [-0.05, 0) is 56.4 Å². The van der Waals surface area contributed by atoms with E-state index < -0.39 is 17.7 Å². The minimum Gasteiger partial charge on any atom is -0.488 e. The molecule has 1 aliphatic heterocycles. The number of fused-ring (bicyclic) bond motifs is 1. The van der Waals surface area contributed by atoms with Gasteiger partial charge in [-0.25, -0.2) is 19.4 Å². The van der Waals surface area contributed by atoms with Gasteiger partial charge in [0.05, 0.1) is 6.20 Å². The summed E-state index contributed by atoms with van der Waals surface area (Å²) in [5.74, 6) is 4.21. The number of alkyl halides is 3. The SMILES string of the molecule is CCn1c(-c2nonc2N)nc2c(C#CC(C)(C)O)ncc(OC[C@@H]3CCCN3)c21.O=C(O)C(F)(F)F. The lowest BCUT2D eigenvalue weighted by Crippen LogP contribution is -2.28. The van der Waals surface area contributed by atoms with Gasteiger partial charge < -0.3 is 30.6 Å². The second kappa shape index (κ2) is 11.0. The largest absolute Gasteiger partial charge is 0.490 e. The molecular formula is C22H26F3N7O5. The number of aliphatic carboxylic acids is 1. The molecule has 3 aromatic rings. The fourth-order valence-corrected chi connectivity index (χ4v) is 3.45. The summed E-state index contributed by atoms with van der Waals surface area (Å²) in [5, 5.41) is 28.1. The van der Waals surface area contributed by atoms with Crippen LogP contribution in [-0.4, -0.2) is 72.0 Å². The van der Waals surface area contributed by atoms with Crippen LogP contribution in [0.2, 0.25) is 0 Å². The highest BCUT2D eigenvalue weighted by atomic mass is 19.4. The number of aryl methyl sites for hydroxylation is 1. The van der Waals surface area contributed by atoms with E-state index in [0.29, 0.717) is 47.7 Å². The smallest absolute Gasteiger partial charge is 0.488 e. The van der Waals surface area contributed by atoms with Crippen LogP contribution in [0, 0.1) is 11.8 Å². The van der Waals surface area contributed by atoms with Gasteiger partial charge in [0.2, 0.25) is 0 Å². The number of pyridine rings is 1. The average Bonchev–Trinajstić information content (AvgIpc) is 3.55. The van der Waals surface area contributed by atoms with E-state index in [4.69, 9.17) is 30.0 Å². The van der Waals surface area contributed by atoms with Gasteiger partial charge in [0.15, 0.2) is 23.1 Å². The van der Waals surface area contributed by atoms with Crippen LogP contribution in [0.25, 0.3) is 22.6 Å². The number of nitrogen functional groups attached to an aromatic ring is 1. The first-order chi connectivity index (χ1) is 17.3. The summed E-state index contributed by atoms with van der Waals surface area (Å²) < 4.78 is 44.6. The molecule has 0 aromatic carbocycles. The molecule has 1 aliphatic rings. The van der Waals surface area contributed by atoms with Crippen molar-refractivity contribution in [2.75, 3.05) is 18.9 Å². The Morgan fingerprint density at radius 3 is 2.59 bits per heavy atom. The van der Waals surface area contributed by atoms with E-state index in [2.05, 4.69) is 32.5 Å². The highest BCUT2D eigenvalue weighted by Crippen LogP contribution is 2.33. The molecule has 3 aromatic heterocycles. The van der Waals surface area contributed by atoms with Crippen molar-refractivity contribution in [3.63, 3.8) is 0 Å². The summed E-state index contributed by atoms with van der Waals surface area (Å²) in [4.78, 5) is 18.1. The van der Waals surface area contributed by atoms with Crippen LogP contribution in [0.1, 0.15) is 39.3 Å². The van der Waals surface area contributed by atoms with Crippen LogP contribution in [0.15, 0.2) is 10.8 Å². The number of nitrogens with two attached hydrogens (primary N) is 1. The normalized spacial score (nSPS) is 15.6. The number of nitrogens with zero attached hydrogens (tertiary/aromatic N) is 5. The first kappa shape index (κ1) is 27.7. The molecule has 200 valence electrons. The Kier molecular flexibility index (Phi) is 8.24. The van der Waals surface area contributed by atoms with E-state index in [-0.39, 0.29) is 5.82 Å². The van der Waals surface area contributed by atoms with Crippen molar-refractivity contribution in [1.29, 1.82) is 0 Å². The van der Waals surface area contributed by atoms with Gasteiger partial charge in [-0.15, -0.1) is 0 Å². The van der Waals surface area contributed by atoms with Crippen molar-refractivity contribution in [2.24, 2.45) is 0 Å². The summed E-state index contributed by atoms with van der Waals surface area (Å²) >= 11 is 0. The standard InChI is InChI=1S/C20H25N7O3.C2HF3O2/c1-4-27-17-14(29-11-12-6-5-9-22-12)10-23-13(7-8-20(2,3)28)15(17)24-19(27)16-18(21)26-30-25-16;3-2(4,5)1(6)7/h10,12,22,28H,4-6,9,11H2,1-3H3,(H2,21,26);(H,6,7)/t12-;/m0./s1. The number of halogens is 3. The Balaban J connectivity index is 0.000000479. The Hall–Kier alpha value is -3.90. The predicted molar refractivity (Wildman–Crippen MR) is 124 cm³/mol. The topological polar surface area (TPSA) is 174 Å². The molecule has 0 spiro atoms. The highest BCUT2D eigenvalue weighted by Gasteiger charge is 2.38. The van der Waals surface area contributed by atoms with E-state index in [9.17, 15) is 18.3 Å². The number of ether oxygens (including phenoxy) is 1. The van der Waals surface area contributed by atoms with Gasteiger partial charge in [-0.2, -0.15) is 13.2 Å². The number of rotatable bonds is 5. The molecule has 5 N–H and O–H groups in total. The van der Waals surface area contributed by atoms with Crippen LogP contribution in [0.5, 0.6) is 5.75 Å². The lowest BCUT2D eigenvalue weighted by atomic mass is 10.1. The van der Waals surface area contributed by atoms with Gasteiger partial charge in [0, 0.05) is 12.6 Å². The summed E-state index contributed by atoms with van der Waals surface area (Å²) in [6.45, 7) is 7.33. The van der Waals surface area contributed by atoms with Gasteiger partial charge in [-0.3, -0.25) is 0 Å². The van der Waals surface area contributed by atoms with Crippen LogP contribution in [0.4, 0.5) is 19.0 Å². The van der Waals surface area contributed by atoms with E-state index >= 15 is 0 Å². The van der Waals surface area contributed by atoms with E-state index in [1.54, 1.807) is 20.0 Å². The first-order valence-electron chi connectivity index (χ1n) is 11.2. The monoisotopic (exact) mass is 525 g/mol. The third-order valence-corrected chi connectivity index (χ3v) is 5.11. The molecule has 0 radical (unpaired) electrons. The Bertz CT molecular complexity index is 1310. The maximum Gasteiger partial charge on any atom is 0.490 e. The van der Waals surface area contributed by atoms with Crippen LogP contribution < -0.4 is 15.8 Å². The quantitative estimate of drug-likeness (QED) is 0.359. The Morgan fingerprint density at radius 2 is 2.08 bits per heavy atom. The number of anilines is 1. The molecule has 0 amide bonds. The second-order valence-corrected chi connectivity index (χ2v) is 8.56. The lowest BCUT2D eigenvalue weighted by Gasteiger charge is -2.14. The first-order valence-corrected chi connectivity index (χ1v) is 11.2. The molecular weight excluding hydrogens is 499 g/mol. The van der Waals surface area contributed by atoms with Crippen molar-refractivity contribution in [2.45, 2.75) is 58.0 Å². The number of aromatic nitrogens is 5. The summed E-state index contributed by atoms with van der Waals surface area (Å²) in [6.07, 6.45) is -1.22. The molecule has 0 aliphatic carbocycles. The van der Waals surface area contributed by atoms with Crippen LogP contribution >= 0.6 is 0 Å². The van der Waals surface area contributed by atoms with Gasteiger partial charge in [0.25, 0.3) is 0 Å². The fourth-order valence-electron chi connectivity index (χ4n) is 3.45. The zero-order chi connectivity index (χ0) is 27.4. The third kappa shape index (κ3) is 6.86. The van der Waals surface area contributed by atoms with Crippen molar-refractivity contribution in [1.82, 2.24) is 30.2 Å². The summed E-state index contributed by atoms with van der Waals surface area (Å²) in [6, 6.07) is 0.308. The molecule has 1 fully saturated rings. The number of imidazole rings is 1. The molecule has 15 heteroatoms. The number of hydrogen-bond donors (Lipinski definition) is 4. The van der Waals surface area contributed by atoms with Crippen molar-refractivity contribution in [3.8, 4) is 29.1 Å². The maximum absolute atomic E-state index is 10.6. The molecule has 4 rings (SSSR count). The minimum absolute atomic E-state index is 0.148. The molecule has 1 saturated heterocycles. The zero-order valence-electron chi connectivity index (χ0n) is 20.3. The fraction of sp³-hybridized carbons (Fsp3) is 0.500. The van der Waals surface area contributed by atoms with E-state index in [1.165, 1.54) is 0 Å². The highest BCUT2D eigenvalue weighted by molar-refractivity contribution is 5.89. The lowest BCUT2D eigenvalue weighted by molar-refractivity contribution is -0.192. The van der Waals surface area contributed by atoms with Crippen molar-refractivity contribution in [3.05, 3.63) is 11.9 Å². The third-order valence-electron chi connectivity index (χ3n) is 5.11. The van der Waals surface area contributed by atoms with Gasteiger partial charge in [-0.1, -0.05) is 5.92 Å². The summed E-state index contributed by atoms with van der Waals surface area (Å²) in [5.41, 5.74) is 6.82. The van der Waals surface area contributed by atoms with Crippen LogP contribution in [0.3, 0.4) is 0 Å². The summed E-state index contributed by atoms with van der Waals surface area (Å²) in [7, 11) is 0. The van der Waals surface area contributed by atoms with E-state index in [0.717, 1.165) is 24.9 Å². The molecule has 0 unspecified atom stereocenters. The molecule has 37 heavy (non-hydrogen) atoms. The van der Waals surface area contributed by atoms with Gasteiger partial charge >= 0.3 is 12.1 Å². The van der Waals surface area contributed by atoms with Gasteiger partial charge in [0.1, 0.15) is 28.9 Å². The molecule has 0 saturated carbocycles. The molecule has 4 heterocycles. The zero-order valence-corrected chi connectivity index (χ0v) is 20.3. The molecule has 0 bridgehead atoms. The van der Waals surface area contributed by atoms with Crippen LogP contribution in [-0.2, 0) is 11.3 Å². The molecule has 12 nitrogen and oxygen atoms in total. The molecule has 1 atom stereocenters. The number of carboxylic acids is 1. The predicted octanol–water partition coefficient (Wildman–Crippen LogP) is 1.97. The maximum atomic E-state index is 10.6. The average molecular weight is 525 g/mol. The number of hydrogen-bond acceptors (Lipinski definition) is 10. The minimum atomic E-state index is -5.08. The van der Waals surface area contributed by atoms with Crippen molar-refractivity contribution >= 4 is 22.8 Å². The number of aliphatic hydroxyl groups is 1. The number of carbonyl (C=O) groups is 1. The van der Waals surface area contributed by atoms with E-state index in [1.807, 2.05) is 11.5 Å². The van der Waals surface area contributed by atoms with Crippen molar-refractivity contribution < 1.29 is 37.5 Å².